The SMILES string of the molecule is Cc1ccc2c(oc3c(-c4ccc5c(c4)C(C)(C)CCC5(C)C)c[c]([Ge]([CH3])([CH3])[CH3])cc32)c1-c1cccc[n+]1C. The van der Waals surface area contributed by atoms with Gasteiger partial charge in [0.25, 0.3) is 0 Å². The van der Waals surface area contributed by atoms with Crippen LogP contribution in [0.3, 0.4) is 0 Å². The molecule has 0 atom stereocenters. The van der Waals surface area contributed by atoms with Gasteiger partial charge in [0.05, 0.1) is 0 Å². The molecule has 0 fully saturated rings. The van der Waals surface area contributed by atoms with Gasteiger partial charge in [0.15, 0.2) is 0 Å². The van der Waals surface area contributed by atoms with E-state index >= 15 is 0 Å². The number of aromatic nitrogens is 1. The second kappa shape index (κ2) is 8.83. The Morgan fingerprint density at radius 2 is 1.49 bits per heavy atom. The molecule has 0 unspecified atom stereocenters. The molecule has 5 aromatic rings. The van der Waals surface area contributed by atoms with Crippen molar-refractivity contribution in [2.24, 2.45) is 7.05 Å². The van der Waals surface area contributed by atoms with Crippen LogP contribution in [0.4, 0.5) is 0 Å². The van der Waals surface area contributed by atoms with Gasteiger partial charge in [-0.25, -0.2) is 0 Å². The zero-order valence-corrected chi connectivity index (χ0v) is 27.2. The Morgan fingerprint density at radius 1 is 0.769 bits per heavy atom. The summed E-state index contributed by atoms with van der Waals surface area (Å²) in [5.74, 6) is 7.47. The van der Waals surface area contributed by atoms with Crippen LogP contribution in [-0.4, -0.2) is 13.3 Å². The Hall–Kier alpha value is -2.85. The van der Waals surface area contributed by atoms with Crippen molar-refractivity contribution in [3.63, 3.8) is 0 Å². The fourth-order valence-electron chi connectivity index (χ4n) is 6.55. The third kappa shape index (κ3) is 4.27. The van der Waals surface area contributed by atoms with Crippen LogP contribution in [0.2, 0.25) is 17.3 Å². The summed E-state index contributed by atoms with van der Waals surface area (Å²) in [6, 6.07) is 23.1. The van der Waals surface area contributed by atoms with Gasteiger partial charge in [-0.3, -0.25) is 0 Å². The van der Waals surface area contributed by atoms with E-state index in [1.54, 1.807) is 0 Å². The number of furan rings is 1. The number of hydrogen-bond acceptors (Lipinski definition) is 1. The second-order valence-corrected chi connectivity index (χ2v) is 24.8. The standard InChI is InChI=1S/C36H42GeNO/c1-23-13-15-26-28-22-25(37(6,7)8)21-27(33(28)39-34(26)32(23)31-12-10-11-19-38(31)9)24-14-16-29-30(20-24)36(4,5)18-17-35(29,2)3/h10-16,19-22H,17-18H2,1-9H3/q+1. The van der Waals surface area contributed by atoms with Crippen molar-refractivity contribution in [1.82, 2.24) is 0 Å². The van der Waals surface area contributed by atoms with Gasteiger partial charge in [-0.1, -0.05) is 0 Å². The average molecular weight is 577 g/mol. The summed E-state index contributed by atoms with van der Waals surface area (Å²) in [5.41, 5.74) is 11.5. The van der Waals surface area contributed by atoms with Crippen LogP contribution < -0.4 is 8.96 Å². The Morgan fingerprint density at radius 3 is 2.18 bits per heavy atom. The Bertz CT molecular complexity index is 1760. The first-order valence-electron chi connectivity index (χ1n) is 14.4. The molecule has 39 heavy (non-hydrogen) atoms. The van der Waals surface area contributed by atoms with Crippen LogP contribution in [0.1, 0.15) is 57.2 Å². The van der Waals surface area contributed by atoms with Crippen molar-refractivity contribution in [3.05, 3.63) is 83.6 Å². The quantitative estimate of drug-likeness (QED) is 0.155. The number of benzene rings is 3. The molecular weight excluding hydrogens is 535 g/mol. The molecule has 6 rings (SSSR count). The maximum atomic E-state index is 6.97. The van der Waals surface area contributed by atoms with E-state index < -0.39 is 13.3 Å². The molecule has 3 heteroatoms. The van der Waals surface area contributed by atoms with Crippen molar-refractivity contribution >= 4 is 39.6 Å². The Kier molecular flexibility index (Phi) is 5.97. The molecule has 0 saturated heterocycles. The van der Waals surface area contributed by atoms with Gasteiger partial charge in [0.2, 0.25) is 0 Å². The van der Waals surface area contributed by atoms with E-state index in [0.717, 1.165) is 11.2 Å². The van der Waals surface area contributed by atoms with Crippen LogP contribution in [0.5, 0.6) is 0 Å². The first kappa shape index (κ1) is 26.4. The van der Waals surface area contributed by atoms with E-state index in [2.05, 4.69) is 130 Å². The summed E-state index contributed by atoms with van der Waals surface area (Å²) in [4.78, 5) is 0. The van der Waals surface area contributed by atoms with E-state index in [4.69, 9.17) is 4.42 Å². The minimum absolute atomic E-state index is 0.166. The molecule has 0 N–H and O–H groups in total. The molecule has 0 amide bonds. The zero-order valence-electron chi connectivity index (χ0n) is 25.1. The van der Waals surface area contributed by atoms with Crippen molar-refractivity contribution in [3.8, 4) is 22.4 Å². The summed E-state index contributed by atoms with van der Waals surface area (Å²) < 4.78 is 10.7. The predicted molar refractivity (Wildman–Crippen MR) is 169 cm³/mol. The van der Waals surface area contributed by atoms with E-state index in [1.165, 1.54) is 67.1 Å². The monoisotopic (exact) mass is 578 g/mol. The van der Waals surface area contributed by atoms with Gasteiger partial charge in [-0.05, 0) is 0 Å². The van der Waals surface area contributed by atoms with Gasteiger partial charge in [0, 0.05) is 0 Å². The predicted octanol–water partition coefficient (Wildman–Crippen LogP) is 8.95. The summed E-state index contributed by atoms with van der Waals surface area (Å²) in [6.45, 7) is 11.8. The summed E-state index contributed by atoms with van der Waals surface area (Å²) >= 11 is -2.16. The van der Waals surface area contributed by atoms with Crippen molar-refractivity contribution in [2.45, 2.75) is 75.6 Å². The van der Waals surface area contributed by atoms with Crippen LogP contribution >= 0.6 is 0 Å². The Balaban J connectivity index is 1.70. The number of nitrogens with zero attached hydrogens (tertiary/aromatic N) is 1. The van der Waals surface area contributed by atoms with Crippen LogP contribution in [0.25, 0.3) is 44.3 Å². The number of fused-ring (bicyclic) bond motifs is 4. The number of aryl methyl sites for hydroxylation is 2. The van der Waals surface area contributed by atoms with Gasteiger partial charge in [0.1, 0.15) is 0 Å². The van der Waals surface area contributed by atoms with E-state index in [1.807, 2.05) is 0 Å². The zero-order chi connectivity index (χ0) is 27.9. The van der Waals surface area contributed by atoms with Crippen LogP contribution in [0.15, 0.2) is 71.3 Å². The van der Waals surface area contributed by atoms with Crippen LogP contribution in [-0.2, 0) is 17.9 Å². The fourth-order valence-corrected chi connectivity index (χ4v) is 8.97. The van der Waals surface area contributed by atoms with Crippen LogP contribution in [0, 0.1) is 6.92 Å². The molecule has 2 heterocycles. The third-order valence-corrected chi connectivity index (χ3v) is 13.5. The van der Waals surface area contributed by atoms with E-state index in [0.29, 0.717) is 0 Å². The summed E-state index contributed by atoms with van der Waals surface area (Å²) in [7, 11) is 2.11. The molecule has 2 nitrogen and oxygen atoms in total. The Labute approximate surface area is 236 Å². The summed E-state index contributed by atoms with van der Waals surface area (Å²) in [5, 5.41) is 2.46. The first-order valence-corrected chi connectivity index (χ1v) is 21.7. The number of rotatable bonds is 3. The average Bonchev–Trinajstić information content (AvgIpc) is 3.25. The molecule has 2 aromatic heterocycles. The third-order valence-electron chi connectivity index (χ3n) is 9.29. The fraction of sp³-hybridized carbons (Fsp3) is 0.361. The number of hydrogen-bond donors (Lipinski definition) is 0. The van der Waals surface area contributed by atoms with E-state index in [9.17, 15) is 0 Å². The minimum atomic E-state index is -2.16. The summed E-state index contributed by atoms with van der Waals surface area (Å²) in [6.07, 6.45) is 4.56. The normalized spacial score (nSPS) is 16.5. The molecular formula is C36H42GeNO+. The topological polar surface area (TPSA) is 17.0 Å². The van der Waals surface area contributed by atoms with Gasteiger partial charge >= 0.3 is 237 Å². The molecule has 1 aliphatic carbocycles. The molecule has 0 aliphatic heterocycles. The molecule has 0 saturated carbocycles. The molecule has 200 valence electrons. The number of pyridine rings is 1. The molecule has 0 spiro atoms. The molecule has 0 radical (unpaired) electrons. The molecule has 0 bridgehead atoms. The second-order valence-electron chi connectivity index (χ2n) is 14.1. The van der Waals surface area contributed by atoms with Gasteiger partial charge in [-0.15, -0.1) is 0 Å². The van der Waals surface area contributed by atoms with Gasteiger partial charge in [-0.2, -0.15) is 0 Å². The van der Waals surface area contributed by atoms with Crippen molar-refractivity contribution < 1.29 is 8.98 Å². The molecule has 3 aromatic carbocycles. The van der Waals surface area contributed by atoms with E-state index in [-0.39, 0.29) is 10.8 Å². The molecule has 1 aliphatic rings. The van der Waals surface area contributed by atoms with Crippen molar-refractivity contribution in [1.29, 1.82) is 0 Å². The van der Waals surface area contributed by atoms with Gasteiger partial charge < -0.3 is 0 Å². The van der Waals surface area contributed by atoms with Crippen molar-refractivity contribution in [2.75, 3.05) is 0 Å². The maximum absolute atomic E-state index is 6.97. The first-order chi connectivity index (χ1) is 18.3.